The quantitative estimate of drug-likeness (QED) is 0.751. The van der Waals surface area contributed by atoms with E-state index in [4.69, 9.17) is 0 Å². The van der Waals surface area contributed by atoms with Crippen molar-refractivity contribution in [1.29, 1.82) is 0 Å². The molecule has 0 saturated carbocycles. The maximum absolute atomic E-state index is 12.6. The fraction of sp³-hybridized carbons (Fsp3) is 0.381. The molecule has 2 aromatic rings. The molecule has 2 heterocycles. The fourth-order valence-corrected chi connectivity index (χ4v) is 3.31. The number of likely N-dealkylation sites (tertiary alicyclic amines) is 1. The number of halogens is 3. The van der Waals surface area contributed by atoms with E-state index in [1.54, 1.807) is 29.2 Å². The van der Waals surface area contributed by atoms with Crippen LogP contribution in [0.2, 0.25) is 0 Å². The molecule has 1 saturated heterocycles. The Bertz CT molecular complexity index is 883. The molecule has 0 radical (unpaired) electrons. The Kier molecular flexibility index (Phi) is 6.59. The Morgan fingerprint density at radius 3 is 2.43 bits per heavy atom. The average Bonchev–Trinajstić information content (AvgIpc) is 2.74. The van der Waals surface area contributed by atoms with Gasteiger partial charge >= 0.3 is 6.18 Å². The van der Waals surface area contributed by atoms with Crippen molar-refractivity contribution in [2.45, 2.75) is 32.4 Å². The second-order valence-corrected chi connectivity index (χ2v) is 7.15. The molecule has 1 unspecified atom stereocenters. The average molecular weight is 420 g/mol. The smallest absolute Gasteiger partial charge is 0.342 e. The van der Waals surface area contributed by atoms with Crippen molar-refractivity contribution in [1.82, 2.24) is 9.88 Å². The normalized spacial score (nSPS) is 16.8. The SMILES string of the molecule is CCC(=O)N1CCCC(C(=O)Nc2ccc(Nc3ccc(C(F)(F)F)cn3)cc2)C1. The van der Waals surface area contributed by atoms with Gasteiger partial charge < -0.3 is 15.5 Å². The summed E-state index contributed by atoms with van der Waals surface area (Å²) in [6, 6.07) is 9.00. The first kappa shape index (κ1) is 21.6. The predicted molar refractivity (Wildman–Crippen MR) is 107 cm³/mol. The number of hydrogen-bond acceptors (Lipinski definition) is 4. The molecule has 0 spiro atoms. The number of benzene rings is 1. The van der Waals surface area contributed by atoms with Crippen LogP contribution in [0.5, 0.6) is 0 Å². The number of nitrogens with one attached hydrogen (secondary N) is 2. The molecule has 1 aromatic heterocycles. The molecule has 9 heteroatoms. The van der Waals surface area contributed by atoms with Gasteiger partial charge in [0.2, 0.25) is 11.8 Å². The van der Waals surface area contributed by atoms with E-state index < -0.39 is 11.7 Å². The van der Waals surface area contributed by atoms with Crippen LogP contribution in [0, 0.1) is 5.92 Å². The van der Waals surface area contributed by atoms with Crippen LogP contribution in [0.25, 0.3) is 0 Å². The van der Waals surface area contributed by atoms with Crippen molar-refractivity contribution in [2.75, 3.05) is 23.7 Å². The van der Waals surface area contributed by atoms with E-state index in [1.165, 1.54) is 6.07 Å². The van der Waals surface area contributed by atoms with Gasteiger partial charge in [-0.25, -0.2) is 4.98 Å². The zero-order chi connectivity index (χ0) is 21.7. The van der Waals surface area contributed by atoms with E-state index >= 15 is 0 Å². The maximum Gasteiger partial charge on any atom is 0.417 e. The summed E-state index contributed by atoms with van der Waals surface area (Å²) < 4.78 is 37.8. The number of pyridine rings is 1. The molecule has 1 atom stereocenters. The lowest BCUT2D eigenvalue weighted by molar-refractivity contribution is -0.138. The largest absolute Gasteiger partial charge is 0.417 e. The highest BCUT2D eigenvalue weighted by atomic mass is 19.4. The summed E-state index contributed by atoms with van der Waals surface area (Å²) in [7, 11) is 0. The molecular formula is C21H23F3N4O2. The molecule has 0 bridgehead atoms. The monoisotopic (exact) mass is 420 g/mol. The van der Waals surface area contributed by atoms with Gasteiger partial charge in [-0.1, -0.05) is 6.92 Å². The van der Waals surface area contributed by atoms with Crippen LogP contribution in [0.4, 0.5) is 30.4 Å². The predicted octanol–water partition coefficient (Wildman–Crippen LogP) is 4.43. The molecule has 1 aliphatic heterocycles. The van der Waals surface area contributed by atoms with Gasteiger partial charge in [0.05, 0.1) is 11.5 Å². The van der Waals surface area contributed by atoms with E-state index in [9.17, 15) is 22.8 Å². The van der Waals surface area contributed by atoms with Gasteiger partial charge in [0.1, 0.15) is 5.82 Å². The number of rotatable bonds is 5. The number of aromatic nitrogens is 1. The van der Waals surface area contributed by atoms with Crippen LogP contribution in [0.1, 0.15) is 31.7 Å². The van der Waals surface area contributed by atoms with Gasteiger partial charge in [0, 0.05) is 37.1 Å². The molecule has 160 valence electrons. The molecule has 0 aliphatic carbocycles. The molecule has 6 nitrogen and oxygen atoms in total. The Morgan fingerprint density at radius 1 is 1.13 bits per heavy atom. The third kappa shape index (κ3) is 5.49. The van der Waals surface area contributed by atoms with Crippen LogP contribution in [-0.4, -0.2) is 34.8 Å². The minimum Gasteiger partial charge on any atom is -0.342 e. The lowest BCUT2D eigenvalue weighted by atomic mass is 9.96. The van der Waals surface area contributed by atoms with E-state index in [-0.39, 0.29) is 23.6 Å². The van der Waals surface area contributed by atoms with Gasteiger partial charge in [-0.15, -0.1) is 0 Å². The Balaban J connectivity index is 1.56. The Labute approximate surface area is 172 Å². The lowest BCUT2D eigenvalue weighted by Gasteiger charge is -2.31. The Hall–Kier alpha value is -3.10. The minimum atomic E-state index is -4.43. The van der Waals surface area contributed by atoms with E-state index in [1.807, 2.05) is 6.92 Å². The first-order valence-electron chi connectivity index (χ1n) is 9.75. The summed E-state index contributed by atoms with van der Waals surface area (Å²) in [6.45, 7) is 2.92. The fourth-order valence-electron chi connectivity index (χ4n) is 3.31. The van der Waals surface area contributed by atoms with Crippen molar-refractivity contribution in [3.8, 4) is 0 Å². The summed E-state index contributed by atoms with van der Waals surface area (Å²) in [4.78, 5) is 29.9. The maximum atomic E-state index is 12.6. The summed E-state index contributed by atoms with van der Waals surface area (Å²) in [5, 5.41) is 5.77. The molecule has 1 aliphatic rings. The highest BCUT2D eigenvalue weighted by Crippen LogP contribution is 2.29. The van der Waals surface area contributed by atoms with E-state index in [2.05, 4.69) is 15.6 Å². The van der Waals surface area contributed by atoms with Crippen LogP contribution in [-0.2, 0) is 15.8 Å². The van der Waals surface area contributed by atoms with Gasteiger partial charge in [-0.3, -0.25) is 9.59 Å². The summed E-state index contributed by atoms with van der Waals surface area (Å²) >= 11 is 0. The number of carbonyl (C=O) groups is 2. The second-order valence-electron chi connectivity index (χ2n) is 7.15. The molecule has 1 fully saturated rings. The van der Waals surface area contributed by atoms with Crippen LogP contribution < -0.4 is 10.6 Å². The third-order valence-electron chi connectivity index (χ3n) is 4.96. The van der Waals surface area contributed by atoms with Crippen molar-refractivity contribution < 1.29 is 22.8 Å². The first-order valence-corrected chi connectivity index (χ1v) is 9.75. The van der Waals surface area contributed by atoms with Gasteiger partial charge in [-0.2, -0.15) is 13.2 Å². The number of alkyl halides is 3. The standard InChI is InChI=1S/C21H23F3N4O2/c1-2-19(29)28-11-3-4-14(13-28)20(30)27-17-8-6-16(7-9-17)26-18-10-5-15(12-25-18)21(22,23)24/h5-10,12,14H,2-4,11,13H2,1H3,(H,25,26)(H,27,30). The summed E-state index contributed by atoms with van der Waals surface area (Å²) in [5.41, 5.74) is 0.413. The topological polar surface area (TPSA) is 74.3 Å². The zero-order valence-electron chi connectivity index (χ0n) is 16.5. The zero-order valence-corrected chi connectivity index (χ0v) is 16.5. The van der Waals surface area contributed by atoms with Crippen LogP contribution in [0.15, 0.2) is 42.6 Å². The van der Waals surface area contributed by atoms with Gasteiger partial charge in [0.25, 0.3) is 0 Å². The first-order chi connectivity index (χ1) is 14.3. The molecule has 3 rings (SSSR count). The molecular weight excluding hydrogens is 397 g/mol. The number of amides is 2. The number of hydrogen-bond donors (Lipinski definition) is 2. The lowest BCUT2D eigenvalue weighted by Crippen LogP contribution is -2.43. The summed E-state index contributed by atoms with van der Waals surface area (Å²) in [6.07, 6.45) is -1.69. The molecule has 2 amide bonds. The number of anilines is 3. The highest BCUT2D eigenvalue weighted by Gasteiger charge is 2.30. The van der Waals surface area contributed by atoms with Crippen molar-refractivity contribution >= 4 is 29.0 Å². The number of nitrogens with zero attached hydrogens (tertiary/aromatic N) is 2. The van der Waals surface area contributed by atoms with E-state index in [0.29, 0.717) is 30.9 Å². The summed E-state index contributed by atoms with van der Waals surface area (Å²) in [5.74, 6) is -0.0420. The van der Waals surface area contributed by atoms with E-state index in [0.717, 1.165) is 25.1 Å². The number of piperidine rings is 1. The highest BCUT2D eigenvalue weighted by molar-refractivity contribution is 5.93. The molecule has 30 heavy (non-hydrogen) atoms. The minimum absolute atomic E-state index is 0.0554. The van der Waals surface area contributed by atoms with Gasteiger partial charge in [0.15, 0.2) is 0 Å². The van der Waals surface area contributed by atoms with Crippen molar-refractivity contribution in [2.24, 2.45) is 5.92 Å². The third-order valence-corrected chi connectivity index (χ3v) is 4.96. The number of carbonyl (C=O) groups excluding carboxylic acids is 2. The van der Waals surface area contributed by atoms with Crippen LogP contribution in [0.3, 0.4) is 0 Å². The van der Waals surface area contributed by atoms with Crippen molar-refractivity contribution in [3.05, 3.63) is 48.2 Å². The molecule has 1 aromatic carbocycles. The van der Waals surface area contributed by atoms with Gasteiger partial charge in [-0.05, 0) is 49.2 Å². The Morgan fingerprint density at radius 2 is 1.83 bits per heavy atom. The molecule has 2 N–H and O–H groups in total. The van der Waals surface area contributed by atoms with Crippen LogP contribution >= 0.6 is 0 Å². The van der Waals surface area contributed by atoms with Crippen molar-refractivity contribution in [3.63, 3.8) is 0 Å². The second kappa shape index (κ2) is 9.15.